The Kier molecular flexibility index (Phi) is 6.24. The number of piperidine rings is 1. The molecule has 6 nitrogen and oxygen atoms in total. The van der Waals surface area contributed by atoms with Gasteiger partial charge in [0.1, 0.15) is 17.4 Å². The van der Waals surface area contributed by atoms with E-state index in [1.54, 1.807) is 11.8 Å². The van der Waals surface area contributed by atoms with Crippen molar-refractivity contribution in [2.75, 3.05) is 20.2 Å². The van der Waals surface area contributed by atoms with Crippen LogP contribution in [-0.4, -0.2) is 40.7 Å². The molecule has 1 aromatic heterocycles. The highest BCUT2D eigenvalue weighted by Gasteiger charge is 2.28. The number of ketones is 1. The molecular formula is C22H21F2N3O3S. The molecule has 0 aliphatic carbocycles. The zero-order chi connectivity index (χ0) is 22.0. The van der Waals surface area contributed by atoms with Gasteiger partial charge in [-0.15, -0.1) is 5.10 Å². The zero-order valence-corrected chi connectivity index (χ0v) is 17.7. The smallest absolute Gasteiger partial charge is 0.288 e. The Balaban J connectivity index is 1.39. The number of ether oxygens (including phenoxy) is 1. The molecule has 0 saturated carbocycles. The van der Waals surface area contributed by atoms with E-state index in [-0.39, 0.29) is 22.1 Å². The maximum Gasteiger partial charge on any atom is 0.288 e. The van der Waals surface area contributed by atoms with Crippen LogP contribution < -0.4 is 4.74 Å². The van der Waals surface area contributed by atoms with Crippen LogP contribution in [0.3, 0.4) is 0 Å². The van der Waals surface area contributed by atoms with Gasteiger partial charge in [-0.3, -0.25) is 9.69 Å². The molecule has 0 unspecified atom stereocenters. The van der Waals surface area contributed by atoms with Gasteiger partial charge in [0.15, 0.2) is 5.78 Å². The van der Waals surface area contributed by atoms with Crippen LogP contribution in [0.25, 0.3) is 11.5 Å². The van der Waals surface area contributed by atoms with Crippen molar-refractivity contribution in [3.63, 3.8) is 0 Å². The second kappa shape index (κ2) is 9.07. The SMILES string of the molecule is COc1ccc(-c2nn(CN3CCC(C(=O)c4cc(F)ccc4F)CC3)c(=S)o2)cc1. The predicted octanol–water partition coefficient (Wildman–Crippen LogP) is 4.71. The number of likely N-dealkylation sites (tertiary alicyclic amines) is 1. The maximum atomic E-state index is 13.9. The number of carbonyl (C=O) groups is 1. The number of halogens is 2. The Labute approximate surface area is 183 Å². The number of aromatic nitrogens is 2. The first-order valence-electron chi connectivity index (χ1n) is 9.88. The lowest BCUT2D eigenvalue weighted by molar-refractivity contribution is 0.0797. The number of rotatable bonds is 6. The predicted molar refractivity (Wildman–Crippen MR) is 112 cm³/mol. The van der Waals surface area contributed by atoms with Gasteiger partial charge in [0, 0.05) is 24.6 Å². The van der Waals surface area contributed by atoms with Gasteiger partial charge in [-0.25, -0.2) is 13.5 Å². The zero-order valence-electron chi connectivity index (χ0n) is 16.9. The van der Waals surface area contributed by atoms with Crippen LogP contribution in [-0.2, 0) is 6.67 Å². The van der Waals surface area contributed by atoms with E-state index in [2.05, 4.69) is 10.00 Å². The molecule has 2 heterocycles. The summed E-state index contributed by atoms with van der Waals surface area (Å²) in [5.74, 6) is -0.843. The molecular weight excluding hydrogens is 424 g/mol. The maximum absolute atomic E-state index is 13.9. The Hall–Kier alpha value is -2.91. The minimum absolute atomic E-state index is 0.179. The van der Waals surface area contributed by atoms with Crippen molar-refractivity contribution in [2.45, 2.75) is 19.5 Å². The van der Waals surface area contributed by atoms with Crippen LogP contribution in [0, 0.1) is 22.4 Å². The lowest BCUT2D eigenvalue weighted by Crippen LogP contribution is -2.37. The molecule has 1 saturated heterocycles. The standard InChI is InChI=1S/C22H21F2N3O3S/c1-29-17-5-2-15(3-6-17)21-25-27(22(31)30-21)13-26-10-8-14(9-11-26)20(28)18-12-16(23)4-7-19(18)24/h2-7,12,14H,8-11,13H2,1H3. The van der Waals surface area contributed by atoms with Crippen LogP contribution in [0.15, 0.2) is 46.9 Å². The molecule has 0 spiro atoms. The first-order valence-corrected chi connectivity index (χ1v) is 10.3. The fraction of sp³-hybridized carbons (Fsp3) is 0.318. The highest BCUT2D eigenvalue weighted by Crippen LogP contribution is 2.25. The van der Waals surface area contributed by atoms with Gasteiger partial charge in [-0.1, -0.05) is 0 Å². The van der Waals surface area contributed by atoms with E-state index in [4.69, 9.17) is 21.4 Å². The molecule has 162 valence electrons. The number of hydrogen-bond donors (Lipinski definition) is 0. The van der Waals surface area contributed by atoms with Crippen LogP contribution in [0.5, 0.6) is 5.75 Å². The molecule has 4 rings (SSSR count). The molecule has 31 heavy (non-hydrogen) atoms. The van der Waals surface area contributed by atoms with E-state index >= 15 is 0 Å². The highest BCUT2D eigenvalue weighted by molar-refractivity contribution is 7.71. The summed E-state index contributed by atoms with van der Waals surface area (Å²) in [6, 6.07) is 10.3. The Morgan fingerprint density at radius 3 is 2.58 bits per heavy atom. The van der Waals surface area contributed by atoms with E-state index in [9.17, 15) is 13.6 Å². The minimum Gasteiger partial charge on any atom is -0.497 e. The van der Waals surface area contributed by atoms with Crippen molar-refractivity contribution in [3.8, 4) is 17.2 Å². The van der Waals surface area contributed by atoms with Crippen molar-refractivity contribution in [1.82, 2.24) is 14.7 Å². The molecule has 1 fully saturated rings. The third-order valence-electron chi connectivity index (χ3n) is 5.43. The number of methoxy groups -OCH3 is 1. The minimum atomic E-state index is -0.686. The van der Waals surface area contributed by atoms with Crippen LogP contribution in [0.4, 0.5) is 8.78 Å². The molecule has 2 aromatic carbocycles. The van der Waals surface area contributed by atoms with Gasteiger partial charge in [0.05, 0.1) is 19.3 Å². The third kappa shape index (κ3) is 4.72. The molecule has 3 aromatic rings. The second-order valence-corrected chi connectivity index (χ2v) is 7.77. The summed E-state index contributed by atoms with van der Waals surface area (Å²) in [6.07, 6.45) is 1.09. The fourth-order valence-electron chi connectivity index (χ4n) is 3.68. The Morgan fingerprint density at radius 1 is 1.19 bits per heavy atom. The van der Waals surface area contributed by atoms with E-state index in [0.29, 0.717) is 38.5 Å². The van der Waals surface area contributed by atoms with Gasteiger partial charge in [0.25, 0.3) is 4.84 Å². The van der Waals surface area contributed by atoms with Gasteiger partial charge in [0.2, 0.25) is 5.89 Å². The molecule has 0 amide bonds. The Morgan fingerprint density at radius 2 is 1.90 bits per heavy atom. The fourth-order valence-corrected chi connectivity index (χ4v) is 3.86. The van der Waals surface area contributed by atoms with Crippen LogP contribution in [0.1, 0.15) is 23.2 Å². The third-order valence-corrected chi connectivity index (χ3v) is 5.72. The normalized spacial score (nSPS) is 15.2. The van der Waals surface area contributed by atoms with Crippen molar-refractivity contribution < 1.29 is 22.7 Å². The summed E-state index contributed by atoms with van der Waals surface area (Å²) in [5, 5.41) is 4.46. The average molecular weight is 445 g/mol. The van der Waals surface area contributed by atoms with Crippen molar-refractivity contribution >= 4 is 18.0 Å². The highest BCUT2D eigenvalue weighted by atomic mass is 32.1. The number of hydrogen-bond acceptors (Lipinski definition) is 6. The van der Waals surface area contributed by atoms with Gasteiger partial charge < -0.3 is 9.15 Å². The van der Waals surface area contributed by atoms with Gasteiger partial charge >= 0.3 is 0 Å². The second-order valence-electron chi connectivity index (χ2n) is 7.42. The average Bonchev–Trinajstić information content (AvgIpc) is 3.15. The molecule has 0 N–H and O–H groups in total. The van der Waals surface area contributed by atoms with Gasteiger partial charge in [-0.05, 0) is 67.5 Å². The van der Waals surface area contributed by atoms with E-state index in [0.717, 1.165) is 29.5 Å². The van der Waals surface area contributed by atoms with E-state index in [1.807, 2.05) is 24.3 Å². The largest absolute Gasteiger partial charge is 0.497 e. The number of benzene rings is 2. The molecule has 0 bridgehead atoms. The Bertz CT molecular complexity index is 1140. The van der Waals surface area contributed by atoms with Crippen molar-refractivity contribution in [1.29, 1.82) is 0 Å². The van der Waals surface area contributed by atoms with Crippen LogP contribution in [0.2, 0.25) is 0 Å². The molecule has 1 aliphatic rings. The van der Waals surface area contributed by atoms with Gasteiger partial charge in [-0.2, -0.15) is 0 Å². The van der Waals surface area contributed by atoms with Crippen molar-refractivity contribution in [2.24, 2.45) is 5.92 Å². The van der Waals surface area contributed by atoms with Crippen LogP contribution >= 0.6 is 12.2 Å². The molecule has 0 atom stereocenters. The summed E-state index contributed by atoms with van der Waals surface area (Å²) in [5.41, 5.74) is 0.605. The summed E-state index contributed by atoms with van der Waals surface area (Å²) in [7, 11) is 1.60. The monoisotopic (exact) mass is 445 g/mol. The molecule has 9 heteroatoms. The number of nitrogens with zero attached hydrogens (tertiary/aromatic N) is 3. The lowest BCUT2D eigenvalue weighted by atomic mass is 9.89. The summed E-state index contributed by atoms with van der Waals surface area (Å²) in [6.45, 7) is 1.65. The van der Waals surface area contributed by atoms with E-state index in [1.165, 1.54) is 0 Å². The van der Waals surface area contributed by atoms with E-state index < -0.39 is 11.6 Å². The molecule has 1 aliphatic heterocycles. The summed E-state index contributed by atoms with van der Waals surface area (Å²) in [4.78, 5) is 15.0. The number of carbonyl (C=O) groups excluding carboxylic acids is 1. The van der Waals surface area contributed by atoms with Crippen molar-refractivity contribution in [3.05, 3.63) is 64.5 Å². The molecule has 0 radical (unpaired) electrons. The quantitative estimate of drug-likeness (QED) is 0.405. The lowest BCUT2D eigenvalue weighted by Gasteiger charge is -2.30. The topological polar surface area (TPSA) is 60.5 Å². The first-order chi connectivity index (χ1) is 14.9. The first kappa shape index (κ1) is 21.3. The number of Topliss-reactive ketones (excluding diaryl/α,β-unsaturated/α-hetero) is 1. The summed E-state index contributed by atoms with van der Waals surface area (Å²) < 4.78 is 39.7. The summed E-state index contributed by atoms with van der Waals surface area (Å²) >= 11 is 5.30.